The van der Waals surface area contributed by atoms with Crippen molar-refractivity contribution in [2.24, 2.45) is 5.41 Å². The van der Waals surface area contributed by atoms with Crippen LogP contribution in [0, 0.1) is 16.7 Å². The van der Waals surface area contributed by atoms with E-state index in [0.29, 0.717) is 24.3 Å². The lowest BCUT2D eigenvalue weighted by Crippen LogP contribution is -2.74. The van der Waals surface area contributed by atoms with Crippen molar-refractivity contribution in [1.29, 1.82) is 5.26 Å². The second-order valence-corrected chi connectivity index (χ2v) is 10.5. The molecule has 2 bridgehead atoms. The number of hydrogen-bond donors (Lipinski definition) is 0. The number of hydrogen-bond acceptors (Lipinski definition) is 7. The zero-order valence-corrected chi connectivity index (χ0v) is 17.4. The largest absolute Gasteiger partial charge is 0.454 e. The average molecular weight is 418 g/mol. The lowest BCUT2D eigenvalue weighted by molar-refractivity contribution is -0.165. The van der Waals surface area contributed by atoms with Crippen molar-refractivity contribution in [3.8, 4) is 17.6 Å². The van der Waals surface area contributed by atoms with Crippen molar-refractivity contribution in [2.45, 2.75) is 42.5 Å². The highest BCUT2D eigenvalue weighted by Gasteiger charge is 2.75. The van der Waals surface area contributed by atoms with Gasteiger partial charge in [0, 0.05) is 13.5 Å². The molecule has 4 atom stereocenters. The van der Waals surface area contributed by atoms with Gasteiger partial charge in [0.25, 0.3) is 11.8 Å². The molecule has 2 unspecified atom stereocenters. The van der Waals surface area contributed by atoms with Crippen molar-refractivity contribution in [2.75, 3.05) is 13.8 Å². The van der Waals surface area contributed by atoms with Gasteiger partial charge in [0.05, 0.1) is 17.5 Å². The minimum Gasteiger partial charge on any atom is -0.454 e. The number of rotatable bonds is 2. The van der Waals surface area contributed by atoms with E-state index in [1.165, 1.54) is 21.6 Å². The quantitative estimate of drug-likeness (QED) is 0.684. The summed E-state index contributed by atoms with van der Waals surface area (Å²) in [7, 11) is 4.59. The maximum Gasteiger partial charge on any atom is 0.262 e. The smallest absolute Gasteiger partial charge is 0.262 e. The van der Waals surface area contributed by atoms with Gasteiger partial charge < -0.3 is 19.3 Å². The molecule has 0 radical (unpaired) electrons. The number of piperazine rings is 1. The fourth-order valence-electron chi connectivity index (χ4n) is 4.87. The van der Waals surface area contributed by atoms with Crippen molar-refractivity contribution < 1.29 is 19.1 Å². The highest BCUT2D eigenvalue weighted by Crippen LogP contribution is 2.70. The first-order valence-corrected chi connectivity index (χ1v) is 11.3. The van der Waals surface area contributed by atoms with Crippen LogP contribution in [0.4, 0.5) is 0 Å². The summed E-state index contributed by atoms with van der Waals surface area (Å²) in [4.78, 5) is 28.4. The normalized spacial score (nSPS) is 38.0. The summed E-state index contributed by atoms with van der Waals surface area (Å²) >= 11 is 0. The Hall–Kier alpha value is -2.05. The summed E-state index contributed by atoms with van der Waals surface area (Å²) in [5.41, 5.74) is -0.111. The Morgan fingerprint density at radius 2 is 2.00 bits per heavy atom. The van der Waals surface area contributed by atoms with Crippen LogP contribution in [0.3, 0.4) is 0 Å². The van der Waals surface area contributed by atoms with Crippen LogP contribution < -0.4 is 9.47 Å². The summed E-state index contributed by atoms with van der Waals surface area (Å²) in [6.07, 6.45) is 0.803. The number of carbonyl (C=O) groups is 2. The topological polar surface area (TPSA) is 82.9 Å². The van der Waals surface area contributed by atoms with Crippen LogP contribution in [0.25, 0.3) is 0 Å². The number of benzene rings is 1. The molecule has 1 aromatic carbocycles. The molecule has 146 valence electrons. The molecule has 6 rings (SSSR count). The predicted octanol–water partition coefficient (Wildman–Crippen LogP) is 2.89. The van der Waals surface area contributed by atoms with Gasteiger partial charge in [-0.3, -0.25) is 9.59 Å². The van der Waals surface area contributed by atoms with Gasteiger partial charge in [-0.05, 0) is 31.0 Å². The van der Waals surface area contributed by atoms with E-state index in [-0.39, 0.29) is 18.6 Å². The summed E-state index contributed by atoms with van der Waals surface area (Å²) in [6.45, 7) is 3.91. The second-order valence-electron chi connectivity index (χ2n) is 7.85. The third kappa shape index (κ3) is 1.88. The first kappa shape index (κ1) is 18.0. The Kier molecular flexibility index (Phi) is 3.55. The zero-order valence-electron chi connectivity index (χ0n) is 15.7. The summed E-state index contributed by atoms with van der Waals surface area (Å²) < 4.78 is 10.9. The fraction of sp³-hybridized carbons (Fsp3) is 0.526. The maximum absolute atomic E-state index is 13.7. The van der Waals surface area contributed by atoms with Gasteiger partial charge in [0.1, 0.15) is 0 Å². The van der Waals surface area contributed by atoms with Gasteiger partial charge in [0.2, 0.25) is 6.79 Å². The number of carbonyl (C=O) groups excluding carboxylic acids is 2. The van der Waals surface area contributed by atoms with Gasteiger partial charge in [-0.25, -0.2) is 0 Å². The molecule has 5 heterocycles. The maximum atomic E-state index is 13.7. The Morgan fingerprint density at radius 1 is 1.25 bits per heavy atom. The van der Waals surface area contributed by atoms with E-state index < -0.39 is 21.2 Å². The van der Waals surface area contributed by atoms with Crippen molar-refractivity contribution in [3.05, 3.63) is 23.8 Å². The molecule has 4 fully saturated rings. The lowest BCUT2D eigenvalue weighted by atomic mass is 9.79. The van der Waals surface area contributed by atoms with Gasteiger partial charge in [0.15, 0.2) is 21.2 Å². The van der Waals surface area contributed by atoms with E-state index in [2.05, 4.69) is 6.07 Å². The molecular formula is C19H19N3O4S2. The highest BCUT2D eigenvalue weighted by molar-refractivity contribution is 8.78. The summed E-state index contributed by atoms with van der Waals surface area (Å²) in [5, 5.41) is 10.1. The minimum absolute atomic E-state index is 0.0949. The SMILES string of the molecule is CC[C@@]12SSC3(C[C@](C)(C#N)C(c4ccc5c(c4)OCO5)N3C1=O)C(=O)N2C. The van der Waals surface area contributed by atoms with Crippen molar-refractivity contribution >= 4 is 33.4 Å². The molecule has 5 aliphatic heterocycles. The third-order valence-corrected chi connectivity index (χ3v) is 10.1. The third-order valence-electron chi connectivity index (χ3n) is 6.36. The number of nitriles is 1. The van der Waals surface area contributed by atoms with E-state index in [9.17, 15) is 14.9 Å². The molecule has 4 saturated heterocycles. The molecule has 0 aromatic heterocycles. The molecule has 0 saturated carbocycles. The molecule has 2 amide bonds. The first-order chi connectivity index (χ1) is 13.3. The standard InChI is InChI=1S/C19H19N3O4S2/c1-4-18-16(24)22-14(11-5-6-12-13(7-11)26-10-25-12)17(2,9-20)8-19(22,28-27-18)15(23)21(18)3/h5-7,14H,4,8,10H2,1-3H3/t14?,17-,18-,19?/m1/s1. The van der Waals surface area contributed by atoms with E-state index in [4.69, 9.17) is 9.47 Å². The number of likely N-dealkylation sites (N-methyl/N-ethyl adjacent to an activating group) is 1. The summed E-state index contributed by atoms with van der Waals surface area (Å²) in [6, 6.07) is 7.39. The molecule has 5 aliphatic rings. The Balaban J connectivity index is 1.71. The van der Waals surface area contributed by atoms with E-state index in [0.717, 1.165) is 5.56 Å². The van der Waals surface area contributed by atoms with E-state index in [1.54, 1.807) is 22.9 Å². The van der Waals surface area contributed by atoms with Crippen LogP contribution in [-0.2, 0) is 9.59 Å². The second kappa shape index (κ2) is 5.51. The van der Waals surface area contributed by atoms with E-state index in [1.807, 2.05) is 26.0 Å². The monoisotopic (exact) mass is 417 g/mol. The Bertz CT molecular complexity index is 965. The molecule has 28 heavy (non-hydrogen) atoms. The zero-order chi connectivity index (χ0) is 19.9. The molecule has 1 spiro atoms. The predicted molar refractivity (Wildman–Crippen MR) is 104 cm³/mol. The van der Waals surface area contributed by atoms with Crippen LogP contribution in [0.5, 0.6) is 11.5 Å². The average Bonchev–Trinajstić information content (AvgIpc) is 3.27. The number of amides is 2. The molecule has 1 aromatic rings. The molecular weight excluding hydrogens is 398 g/mol. The lowest BCUT2D eigenvalue weighted by Gasteiger charge is -2.58. The number of fused-ring (bicyclic) bond motifs is 3. The molecule has 0 aliphatic carbocycles. The van der Waals surface area contributed by atoms with E-state index >= 15 is 0 Å². The Morgan fingerprint density at radius 3 is 2.71 bits per heavy atom. The van der Waals surface area contributed by atoms with Gasteiger partial charge in [-0.1, -0.05) is 34.6 Å². The molecule has 0 N–H and O–H groups in total. The first-order valence-electron chi connectivity index (χ1n) is 9.13. The van der Waals surface area contributed by atoms with Crippen LogP contribution in [0.15, 0.2) is 18.2 Å². The molecule has 7 nitrogen and oxygen atoms in total. The fourth-order valence-corrected chi connectivity index (χ4v) is 8.83. The highest BCUT2D eigenvalue weighted by atomic mass is 33.1. The Labute approximate surface area is 170 Å². The van der Waals surface area contributed by atoms with Crippen molar-refractivity contribution in [3.63, 3.8) is 0 Å². The van der Waals surface area contributed by atoms with Gasteiger partial charge >= 0.3 is 0 Å². The minimum atomic E-state index is -1.06. The van der Waals surface area contributed by atoms with Crippen LogP contribution in [0.1, 0.15) is 38.3 Å². The van der Waals surface area contributed by atoms with Gasteiger partial charge in [-0.15, -0.1) is 0 Å². The molecule has 9 heteroatoms. The van der Waals surface area contributed by atoms with Crippen LogP contribution in [-0.4, -0.2) is 45.2 Å². The van der Waals surface area contributed by atoms with Crippen LogP contribution in [0.2, 0.25) is 0 Å². The summed E-state index contributed by atoms with van der Waals surface area (Å²) in [5.74, 6) is 1.06. The van der Waals surface area contributed by atoms with Crippen LogP contribution >= 0.6 is 21.6 Å². The number of nitrogens with zero attached hydrogens (tertiary/aromatic N) is 3. The van der Waals surface area contributed by atoms with Crippen molar-refractivity contribution in [1.82, 2.24) is 9.80 Å². The number of ether oxygens (including phenoxy) is 2. The van der Waals surface area contributed by atoms with Gasteiger partial charge in [-0.2, -0.15) is 5.26 Å².